The summed E-state index contributed by atoms with van der Waals surface area (Å²) in [6.07, 6.45) is 0. The lowest BCUT2D eigenvalue weighted by Crippen LogP contribution is -1.86. The van der Waals surface area contributed by atoms with Crippen molar-refractivity contribution in [3.63, 3.8) is 0 Å². The molecule has 4 heteroatoms. The van der Waals surface area contributed by atoms with Crippen molar-refractivity contribution < 1.29 is 4.74 Å². The van der Waals surface area contributed by atoms with Crippen LogP contribution in [-0.4, -0.2) is 12.1 Å². The van der Waals surface area contributed by atoms with Crippen molar-refractivity contribution in [3.8, 4) is 16.3 Å². The summed E-state index contributed by atoms with van der Waals surface area (Å²) >= 11 is 1.60. The van der Waals surface area contributed by atoms with E-state index in [0.29, 0.717) is 5.82 Å². The van der Waals surface area contributed by atoms with Crippen LogP contribution in [0.2, 0.25) is 0 Å². The van der Waals surface area contributed by atoms with Crippen molar-refractivity contribution in [2.24, 2.45) is 0 Å². The molecule has 0 aliphatic heterocycles. The molecule has 0 atom stereocenters. The van der Waals surface area contributed by atoms with E-state index < -0.39 is 0 Å². The summed E-state index contributed by atoms with van der Waals surface area (Å²) in [5.41, 5.74) is 6.78. The minimum atomic E-state index is 0.616. The molecule has 15 heavy (non-hydrogen) atoms. The Morgan fingerprint density at radius 2 is 1.93 bits per heavy atom. The number of hydrogen-bond acceptors (Lipinski definition) is 4. The number of hydrogen-bond donors (Lipinski definition) is 1. The van der Waals surface area contributed by atoms with Gasteiger partial charge in [-0.25, -0.2) is 4.98 Å². The van der Waals surface area contributed by atoms with E-state index in [-0.39, 0.29) is 0 Å². The first-order valence-electron chi connectivity index (χ1n) is 4.58. The second-order valence-corrected chi connectivity index (χ2v) is 4.39. The fraction of sp³-hybridized carbons (Fsp3) is 0.182. The van der Waals surface area contributed by atoms with E-state index in [1.54, 1.807) is 18.4 Å². The van der Waals surface area contributed by atoms with Crippen LogP contribution in [0, 0.1) is 6.92 Å². The molecule has 0 spiro atoms. The zero-order chi connectivity index (χ0) is 10.8. The van der Waals surface area contributed by atoms with Gasteiger partial charge in [0.1, 0.15) is 16.6 Å². The fourth-order valence-electron chi connectivity index (χ4n) is 1.27. The van der Waals surface area contributed by atoms with Gasteiger partial charge in [-0.1, -0.05) is 0 Å². The minimum Gasteiger partial charge on any atom is -0.497 e. The van der Waals surface area contributed by atoms with Gasteiger partial charge >= 0.3 is 0 Å². The third-order valence-electron chi connectivity index (χ3n) is 2.17. The molecule has 0 radical (unpaired) electrons. The topological polar surface area (TPSA) is 48.1 Å². The number of anilines is 1. The number of nitrogens with two attached hydrogens (primary N) is 1. The molecule has 1 aromatic carbocycles. The van der Waals surface area contributed by atoms with Gasteiger partial charge in [-0.3, -0.25) is 0 Å². The number of nitrogens with zero attached hydrogens (tertiary/aromatic N) is 1. The standard InChI is InChI=1S/C11H12N2OS/c1-7-10(12)13-11(15-7)8-3-5-9(14-2)6-4-8/h3-6H,12H2,1-2H3. The van der Waals surface area contributed by atoms with Crippen molar-refractivity contribution in [1.29, 1.82) is 0 Å². The highest BCUT2D eigenvalue weighted by Gasteiger charge is 2.06. The van der Waals surface area contributed by atoms with Crippen LogP contribution in [0.15, 0.2) is 24.3 Å². The highest BCUT2D eigenvalue weighted by Crippen LogP contribution is 2.29. The Morgan fingerprint density at radius 1 is 1.27 bits per heavy atom. The number of ether oxygens (including phenoxy) is 1. The van der Waals surface area contributed by atoms with Crippen molar-refractivity contribution >= 4 is 17.2 Å². The summed E-state index contributed by atoms with van der Waals surface area (Å²) in [4.78, 5) is 5.35. The van der Waals surface area contributed by atoms with E-state index >= 15 is 0 Å². The first kappa shape index (κ1) is 9.98. The zero-order valence-corrected chi connectivity index (χ0v) is 9.47. The van der Waals surface area contributed by atoms with Crippen molar-refractivity contribution in [2.75, 3.05) is 12.8 Å². The van der Waals surface area contributed by atoms with Crippen LogP contribution in [-0.2, 0) is 0 Å². The van der Waals surface area contributed by atoms with E-state index in [2.05, 4.69) is 4.98 Å². The summed E-state index contributed by atoms with van der Waals surface area (Å²) < 4.78 is 5.09. The van der Waals surface area contributed by atoms with E-state index in [0.717, 1.165) is 21.2 Å². The molecule has 1 aromatic heterocycles. The van der Waals surface area contributed by atoms with Gasteiger partial charge in [0.2, 0.25) is 0 Å². The lowest BCUT2D eigenvalue weighted by Gasteiger charge is -1.99. The highest BCUT2D eigenvalue weighted by atomic mass is 32.1. The maximum Gasteiger partial charge on any atom is 0.138 e. The van der Waals surface area contributed by atoms with E-state index in [1.165, 1.54) is 0 Å². The Kier molecular flexibility index (Phi) is 2.60. The van der Waals surface area contributed by atoms with Gasteiger partial charge in [0.05, 0.1) is 7.11 Å². The van der Waals surface area contributed by atoms with Crippen molar-refractivity contribution in [2.45, 2.75) is 6.92 Å². The monoisotopic (exact) mass is 220 g/mol. The van der Waals surface area contributed by atoms with Gasteiger partial charge in [-0.05, 0) is 31.2 Å². The van der Waals surface area contributed by atoms with Gasteiger partial charge in [-0.15, -0.1) is 11.3 Å². The number of aryl methyl sites for hydroxylation is 1. The molecule has 78 valence electrons. The molecule has 0 saturated carbocycles. The molecule has 1 heterocycles. The summed E-state index contributed by atoms with van der Waals surface area (Å²) in [5.74, 6) is 1.46. The maximum atomic E-state index is 5.71. The van der Waals surface area contributed by atoms with Crippen LogP contribution < -0.4 is 10.5 Å². The lowest BCUT2D eigenvalue weighted by molar-refractivity contribution is 0.415. The van der Waals surface area contributed by atoms with Crippen LogP contribution in [0.4, 0.5) is 5.82 Å². The summed E-state index contributed by atoms with van der Waals surface area (Å²) in [7, 11) is 1.65. The van der Waals surface area contributed by atoms with E-state index in [4.69, 9.17) is 10.5 Å². The van der Waals surface area contributed by atoms with Crippen LogP contribution >= 0.6 is 11.3 Å². The molecule has 0 bridgehead atoms. The Morgan fingerprint density at radius 3 is 2.40 bits per heavy atom. The zero-order valence-electron chi connectivity index (χ0n) is 8.65. The first-order valence-corrected chi connectivity index (χ1v) is 5.39. The minimum absolute atomic E-state index is 0.616. The highest BCUT2D eigenvalue weighted by molar-refractivity contribution is 7.15. The summed E-state index contributed by atoms with van der Waals surface area (Å²) in [5, 5.41) is 0.952. The number of aromatic nitrogens is 1. The summed E-state index contributed by atoms with van der Waals surface area (Å²) in [6.45, 7) is 1.97. The molecule has 0 fully saturated rings. The van der Waals surface area contributed by atoms with Gasteiger partial charge in [0.15, 0.2) is 0 Å². The van der Waals surface area contributed by atoms with E-state index in [1.807, 2.05) is 31.2 Å². The molecule has 2 N–H and O–H groups in total. The molecule has 0 saturated heterocycles. The number of rotatable bonds is 2. The van der Waals surface area contributed by atoms with E-state index in [9.17, 15) is 0 Å². The fourth-order valence-corrected chi connectivity index (χ4v) is 2.10. The Hall–Kier alpha value is -1.55. The molecule has 0 amide bonds. The number of methoxy groups -OCH3 is 1. The Bertz CT molecular complexity index is 442. The molecule has 0 aliphatic rings. The smallest absolute Gasteiger partial charge is 0.138 e. The van der Waals surface area contributed by atoms with Crippen molar-refractivity contribution in [3.05, 3.63) is 29.1 Å². The molecule has 0 unspecified atom stereocenters. The normalized spacial score (nSPS) is 10.3. The Balaban J connectivity index is 2.37. The molecule has 0 aliphatic carbocycles. The third-order valence-corrected chi connectivity index (χ3v) is 3.21. The number of benzene rings is 1. The SMILES string of the molecule is COc1ccc(-c2nc(N)c(C)s2)cc1. The van der Waals surface area contributed by atoms with Crippen molar-refractivity contribution in [1.82, 2.24) is 4.98 Å². The molecule has 2 aromatic rings. The average molecular weight is 220 g/mol. The van der Waals surface area contributed by atoms with Crippen LogP contribution in [0.5, 0.6) is 5.75 Å². The van der Waals surface area contributed by atoms with Crippen LogP contribution in [0.25, 0.3) is 10.6 Å². The molecule has 3 nitrogen and oxygen atoms in total. The number of thiazole rings is 1. The second kappa shape index (κ2) is 3.90. The average Bonchev–Trinajstić information content (AvgIpc) is 2.59. The second-order valence-electron chi connectivity index (χ2n) is 3.19. The molecular formula is C11H12N2OS. The first-order chi connectivity index (χ1) is 7.20. The van der Waals surface area contributed by atoms with Crippen LogP contribution in [0.1, 0.15) is 4.88 Å². The van der Waals surface area contributed by atoms with Crippen LogP contribution in [0.3, 0.4) is 0 Å². The maximum absolute atomic E-state index is 5.71. The quantitative estimate of drug-likeness (QED) is 0.846. The largest absolute Gasteiger partial charge is 0.497 e. The van der Waals surface area contributed by atoms with Gasteiger partial charge < -0.3 is 10.5 Å². The van der Waals surface area contributed by atoms with Gasteiger partial charge in [0.25, 0.3) is 0 Å². The third kappa shape index (κ3) is 1.94. The van der Waals surface area contributed by atoms with Gasteiger partial charge in [0, 0.05) is 10.4 Å². The molecule has 2 rings (SSSR count). The number of nitrogen functional groups attached to an aromatic ring is 1. The predicted molar refractivity (Wildman–Crippen MR) is 63.3 cm³/mol. The van der Waals surface area contributed by atoms with Gasteiger partial charge in [-0.2, -0.15) is 0 Å². The predicted octanol–water partition coefficient (Wildman–Crippen LogP) is 2.71. The summed E-state index contributed by atoms with van der Waals surface area (Å²) in [6, 6.07) is 7.80. The molecular weight excluding hydrogens is 208 g/mol. The Labute approximate surface area is 92.5 Å². The lowest BCUT2D eigenvalue weighted by atomic mass is 10.2.